The van der Waals surface area contributed by atoms with Gasteiger partial charge in [-0.25, -0.2) is 0 Å². The van der Waals surface area contributed by atoms with Gasteiger partial charge in [0.1, 0.15) is 0 Å². The van der Waals surface area contributed by atoms with Crippen LogP contribution in [-0.2, 0) is 4.74 Å². The van der Waals surface area contributed by atoms with Gasteiger partial charge in [-0.3, -0.25) is 0 Å². The van der Waals surface area contributed by atoms with Crippen molar-refractivity contribution in [3.8, 4) is 0 Å². The Morgan fingerprint density at radius 1 is 1.56 bits per heavy atom. The Labute approximate surface area is 57.7 Å². The van der Waals surface area contributed by atoms with Gasteiger partial charge in [0.2, 0.25) is 0 Å². The molecule has 0 aromatic carbocycles. The molecule has 0 aromatic heterocycles. The predicted molar refractivity (Wildman–Crippen MR) is 40.5 cm³/mol. The third-order valence-electron chi connectivity index (χ3n) is 1.11. The van der Waals surface area contributed by atoms with E-state index in [1.807, 2.05) is 13.8 Å². The topological polar surface area (TPSA) is 9.23 Å². The molecule has 0 spiro atoms. The van der Waals surface area contributed by atoms with E-state index in [0.717, 1.165) is 13.2 Å². The van der Waals surface area contributed by atoms with E-state index < -0.39 is 0 Å². The highest BCUT2D eigenvalue weighted by Crippen LogP contribution is 1.96. The van der Waals surface area contributed by atoms with Gasteiger partial charge in [-0.15, -0.1) is 0 Å². The lowest BCUT2D eigenvalue weighted by molar-refractivity contribution is 0.129. The second-order valence-corrected chi connectivity index (χ2v) is 2.16. The molecule has 0 aliphatic carbocycles. The summed E-state index contributed by atoms with van der Waals surface area (Å²) in [5, 5.41) is 0. The summed E-state index contributed by atoms with van der Waals surface area (Å²) in [4.78, 5) is 0. The van der Waals surface area contributed by atoms with Crippen molar-refractivity contribution in [2.24, 2.45) is 5.92 Å². The number of allylic oxidation sites excluding steroid dienone is 1. The van der Waals surface area contributed by atoms with E-state index in [1.165, 1.54) is 0 Å². The summed E-state index contributed by atoms with van der Waals surface area (Å²) in [5.74, 6) is 0.565. The van der Waals surface area contributed by atoms with Crippen molar-refractivity contribution in [1.82, 2.24) is 0 Å². The molecule has 0 aromatic rings. The zero-order valence-corrected chi connectivity index (χ0v) is 6.55. The maximum absolute atomic E-state index is 5.20. The van der Waals surface area contributed by atoms with Crippen LogP contribution in [0.25, 0.3) is 0 Å². The van der Waals surface area contributed by atoms with Gasteiger partial charge < -0.3 is 4.74 Å². The van der Waals surface area contributed by atoms with Crippen molar-refractivity contribution in [1.29, 1.82) is 0 Å². The highest BCUT2D eigenvalue weighted by molar-refractivity contribution is 4.82. The minimum Gasteiger partial charge on any atom is -0.381 e. The summed E-state index contributed by atoms with van der Waals surface area (Å²) in [5.41, 5.74) is 0. The van der Waals surface area contributed by atoms with Gasteiger partial charge in [0.05, 0.1) is 6.61 Å². The Hall–Kier alpha value is -0.300. The Morgan fingerprint density at radius 2 is 2.22 bits per heavy atom. The van der Waals surface area contributed by atoms with Crippen molar-refractivity contribution in [2.75, 3.05) is 13.2 Å². The Balaban J connectivity index is 3.15. The van der Waals surface area contributed by atoms with Crippen molar-refractivity contribution in [3.05, 3.63) is 12.2 Å². The predicted octanol–water partition coefficient (Wildman–Crippen LogP) is 2.24. The van der Waals surface area contributed by atoms with Gasteiger partial charge in [-0.1, -0.05) is 19.1 Å². The standard InChI is InChI=1S/C8H16O/c1-4-6-8(3)7-9-5-2/h4,6,8H,5,7H2,1-3H3. The van der Waals surface area contributed by atoms with Gasteiger partial charge in [0, 0.05) is 6.61 Å². The maximum atomic E-state index is 5.20. The van der Waals surface area contributed by atoms with E-state index in [1.54, 1.807) is 0 Å². The molecule has 0 amide bonds. The maximum Gasteiger partial charge on any atom is 0.0525 e. The van der Waals surface area contributed by atoms with E-state index in [0.29, 0.717) is 5.92 Å². The Bertz CT molecular complexity index is 76.6. The van der Waals surface area contributed by atoms with Crippen molar-refractivity contribution >= 4 is 0 Å². The quantitative estimate of drug-likeness (QED) is 0.527. The van der Waals surface area contributed by atoms with Crippen LogP contribution in [0.1, 0.15) is 20.8 Å². The van der Waals surface area contributed by atoms with Crippen molar-refractivity contribution < 1.29 is 4.74 Å². The zero-order chi connectivity index (χ0) is 7.11. The molecule has 54 valence electrons. The lowest BCUT2D eigenvalue weighted by Crippen LogP contribution is -2.01. The summed E-state index contributed by atoms with van der Waals surface area (Å²) in [6.45, 7) is 7.86. The van der Waals surface area contributed by atoms with Gasteiger partial charge >= 0.3 is 0 Å². The minimum absolute atomic E-state index is 0.565. The molecule has 0 fully saturated rings. The highest BCUT2D eigenvalue weighted by atomic mass is 16.5. The fourth-order valence-electron chi connectivity index (χ4n) is 0.688. The Morgan fingerprint density at radius 3 is 2.67 bits per heavy atom. The molecule has 0 heterocycles. The first-order valence-corrected chi connectivity index (χ1v) is 3.51. The van der Waals surface area contributed by atoms with E-state index in [-0.39, 0.29) is 0 Å². The molecule has 1 heteroatoms. The largest absolute Gasteiger partial charge is 0.381 e. The van der Waals surface area contributed by atoms with Crippen LogP contribution in [0, 0.1) is 5.92 Å². The van der Waals surface area contributed by atoms with Crippen molar-refractivity contribution in [2.45, 2.75) is 20.8 Å². The Kier molecular flexibility index (Phi) is 5.64. The SMILES string of the molecule is CC=CC(C)COCC. The third-order valence-corrected chi connectivity index (χ3v) is 1.11. The van der Waals surface area contributed by atoms with Crippen LogP contribution < -0.4 is 0 Å². The summed E-state index contributed by atoms with van der Waals surface area (Å²) >= 11 is 0. The highest BCUT2D eigenvalue weighted by Gasteiger charge is 1.92. The molecular weight excluding hydrogens is 112 g/mol. The first-order chi connectivity index (χ1) is 4.31. The molecule has 0 saturated carbocycles. The molecule has 0 saturated heterocycles. The molecule has 0 radical (unpaired) electrons. The summed E-state index contributed by atoms with van der Waals surface area (Å²) in [6, 6.07) is 0. The monoisotopic (exact) mass is 128 g/mol. The van der Waals surface area contributed by atoms with Crippen molar-refractivity contribution in [3.63, 3.8) is 0 Å². The first kappa shape index (κ1) is 8.70. The lowest BCUT2D eigenvalue weighted by atomic mass is 10.2. The van der Waals surface area contributed by atoms with E-state index >= 15 is 0 Å². The van der Waals surface area contributed by atoms with Crippen LogP contribution >= 0.6 is 0 Å². The zero-order valence-electron chi connectivity index (χ0n) is 6.55. The molecule has 0 aliphatic rings. The van der Waals surface area contributed by atoms with Crippen LogP contribution in [0.15, 0.2) is 12.2 Å². The number of rotatable bonds is 4. The van der Waals surface area contributed by atoms with E-state index in [4.69, 9.17) is 4.74 Å². The minimum atomic E-state index is 0.565. The van der Waals surface area contributed by atoms with Crippen LogP contribution in [0.3, 0.4) is 0 Å². The average molecular weight is 128 g/mol. The molecule has 1 nitrogen and oxygen atoms in total. The normalized spacial score (nSPS) is 14.6. The first-order valence-electron chi connectivity index (χ1n) is 3.51. The number of hydrogen-bond donors (Lipinski definition) is 0. The molecule has 1 unspecified atom stereocenters. The second-order valence-electron chi connectivity index (χ2n) is 2.16. The summed E-state index contributed by atoms with van der Waals surface area (Å²) in [7, 11) is 0. The van der Waals surface area contributed by atoms with Gasteiger partial charge in [-0.05, 0) is 19.8 Å². The summed E-state index contributed by atoms with van der Waals surface area (Å²) in [6.07, 6.45) is 4.21. The van der Waals surface area contributed by atoms with Crippen LogP contribution in [0.2, 0.25) is 0 Å². The van der Waals surface area contributed by atoms with Gasteiger partial charge in [-0.2, -0.15) is 0 Å². The van der Waals surface area contributed by atoms with Gasteiger partial charge in [0.25, 0.3) is 0 Å². The fraction of sp³-hybridized carbons (Fsp3) is 0.750. The lowest BCUT2D eigenvalue weighted by Gasteiger charge is -2.03. The van der Waals surface area contributed by atoms with Gasteiger partial charge in [0.15, 0.2) is 0 Å². The van der Waals surface area contributed by atoms with Crippen LogP contribution in [0.4, 0.5) is 0 Å². The molecule has 0 rings (SSSR count). The molecule has 0 N–H and O–H groups in total. The number of ether oxygens (including phenoxy) is 1. The summed E-state index contributed by atoms with van der Waals surface area (Å²) < 4.78 is 5.20. The number of hydrogen-bond acceptors (Lipinski definition) is 1. The molecule has 0 bridgehead atoms. The van der Waals surface area contributed by atoms with Crippen LogP contribution in [-0.4, -0.2) is 13.2 Å². The second kappa shape index (κ2) is 5.83. The molecule has 0 aliphatic heterocycles. The fourth-order valence-corrected chi connectivity index (χ4v) is 0.688. The average Bonchev–Trinajstić information content (AvgIpc) is 1.85. The molecule has 9 heavy (non-hydrogen) atoms. The van der Waals surface area contributed by atoms with E-state index in [9.17, 15) is 0 Å². The third kappa shape index (κ3) is 5.57. The van der Waals surface area contributed by atoms with E-state index in [2.05, 4.69) is 19.1 Å². The molecule has 1 atom stereocenters. The molecular formula is C8H16O. The smallest absolute Gasteiger partial charge is 0.0525 e. The van der Waals surface area contributed by atoms with Crippen LogP contribution in [0.5, 0.6) is 0 Å².